The molecule has 0 aliphatic heterocycles. The van der Waals surface area contributed by atoms with Crippen LogP contribution in [0.25, 0.3) is 0 Å². The van der Waals surface area contributed by atoms with Gasteiger partial charge in [-0.2, -0.15) is 0 Å². The lowest BCUT2D eigenvalue weighted by Gasteiger charge is -2.17. The third kappa shape index (κ3) is 3.88. The molecule has 1 aliphatic rings. The van der Waals surface area contributed by atoms with Gasteiger partial charge in [0.15, 0.2) is 0 Å². The predicted octanol–water partition coefficient (Wildman–Crippen LogP) is 3.27. The molecule has 1 saturated carbocycles. The summed E-state index contributed by atoms with van der Waals surface area (Å²) in [5, 5.41) is 15.0. The van der Waals surface area contributed by atoms with E-state index in [0.717, 1.165) is 18.4 Å². The van der Waals surface area contributed by atoms with Crippen LogP contribution in [-0.2, 0) is 4.79 Å². The highest BCUT2D eigenvalue weighted by Crippen LogP contribution is 2.31. The molecular formula is C15H19ClN2O3. The maximum atomic E-state index is 11.9. The Morgan fingerprint density at radius 2 is 2.14 bits per heavy atom. The van der Waals surface area contributed by atoms with Crippen LogP contribution < -0.4 is 10.6 Å². The fraction of sp³-hybridized carbons (Fsp3) is 0.467. The summed E-state index contributed by atoms with van der Waals surface area (Å²) in [6.45, 7) is 2.23. The monoisotopic (exact) mass is 310 g/mol. The van der Waals surface area contributed by atoms with E-state index in [4.69, 9.17) is 16.7 Å². The first-order valence-electron chi connectivity index (χ1n) is 7.02. The number of carboxylic acids is 1. The number of anilines is 1. The first-order chi connectivity index (χ1) is 9.99. The van der Waals surface area contributed by atoms with Gasteiger partial charge in [0.05, 0.1) is 16.6 Å². The third-order valence-electron chi connectivity index (χ3n) is 3.96. The summed E-state index contributed by atoms with van der Waals surface area (Å²) >= 11 is 6.05. The summed E-state index contributed by atoms with van der Waals surface area (Å²) in [6.07, 6.45) is 2.42. The average Bonchev–Trinajstić information content (AvgIpc) is 2.89. The molecule has 2 unspecified atom stereocenters. The molecular weight excluding hydrogens is 292 g/mol. The van der Waals surface area contributed by atoms with Crippen LogP contribution in [0.4, 0.5) is 10.5 Å². The number of carbonyl (C=O) groups is 2. The van der Waals surface area contributed by atoms with E-state index in [1.54, 1.807) is 6.07 Å². The van der Waals surface area contributed by atoms with E-state index in [1.807, 2.05) is 19.1 Å². The number of halogens is 1. The second-order valence-electron chi connectivity index (χ2n) is 5.40. The maximum Gasteiger partial charge on any atom is 0.319 e. The van der Waals surface area contributed by atoms with Crippen molar-refractivity contribution in [2.24, 2.45) is 11.8 Å². The number of carboxylic acid groups (broad SMARTS) is 1. The van der Waals surface area contributed by atoms with Gasteiger partial charge in [0, 0.05) is 6.54 Å². The van der Waals surface area contributed by atoms with Crippen molar-refractivity contribution in [2.45, 2.75) is 26.2 Å². The maximum absolute atomic E-state index is 11.9. The first-order valence-corrected chi connectivity index (χ1v) is 7.39. The molecule has 1 aliphatic carbocycles. The third-order valence-corrected chi connectivity index (χ3v) is 4.28. The van der Waals surface area contributed by atoms with Crippen LogP contribution in [0.15, 0.2) is 18.2 Å². The summed E-state index contributed by atoms with van der Waals surface area (Å²) in [4.78, 5) is 23.0. The van der Waals surface area contributed by atoms with E-state index < -0.39 is 5.97 Å². The Balaban J connectivity index is 1.89. The lowest BCUT2D eigenvalue weighted by atomic mass is 9.96. The van der Waals surface area contributed by atoms with Gasteiger partial charge in [-0.3, -0.25) is 4.79 Å². The number of aryl methyl sites for hydroxylation is 1. The van der Waals surface area contributed by atoms with Gasteiger partial charge in [-0.05, 0) is 37.3 Å². The minimum Gasteiger partial charge on any atom is -0.481 e. The van der Waals surface area contributed by atoms with Crippen LogP contribution in [0, 0.1) is 18.8 Å². The number of aliphatic carboxylic acids is 1. The summed E-state index contributed by atoms with van der Waals surface area (Å²) < 4.78 is 0. The first kappa shape index (κ1) is 15.6. The molecule has 0 radical (unpaired) electrons. The molecule has 114 valence electrons. The highest BCUT2D eigenvalue weighted by molar-refractivity contribution is 6.33. The van der Waals surface area contributed by atoms with Gasteiger partial charge in [-0.1, -0.05) is 30.2 Å². The number of urea groups is 1. The molecule has 2 atom stereocenters. The van der Waals surface area contributed by atoms with E-state index >= 15 is 0 Å². The van der Waals surface area contributed by atoms with Crippen LogP contribution in [0.2, 0.25) is 5.02 Å². The zero-order valence-electron chi connectivity index (χ0n) is 11.9. The predicted molar refractivity (Wildman–Crippen MR) is 81.7 cm³/mol. The number of nitrogens with one attached hydrogen (secondary N) is 2. The minimum absolute atomic E-state index is 0.000548. The smallest absolute Gasteiger partial charge is 0.319 e. The summed E-state index contributed by atoms with van der Waals surface area (Å²) in [5.74, 6) is -1.13. The van der Waals surface area contributed by atoms with Crippen LogP contribution in [0.3, 0.4) is 0 Å². The molecule has 2 amide bonds. The highest BCUT2D eigenvalue weighted by Gasteiger charge is 2.32. The molecule has 0 aromatic heterocycles. The average molecular weight is 311 g/mol. The van der Waals surface area contributed by atoms with Gasteiger partial charge in [0.1, 0.15) is 0 Å². The van der Waals surface area contributed by atoms with E-state index in [2.05, 4.69) is 10.6 Å². The second-order valence-corrected chi connectivity index (χ2v) is 5.81. The fourth-order valence-corrected chi connectivity index (χ4v) is 3.05. The topological polar surface area (TPSA) is 78.4 Å². The van der Waals surface area contributed by atoms with E-state index in [0.29, 0.717) is 23.7 Å². The Bertz CT molecular complexity index is 527. The normalized spacial score (nSPS) is 21.0. The molecule has 1 aromatic rings. The molecule has 0 heterocycles. The van der Waals surface area contributed by atoms with Crippen molar-refractivity contribution in [3.63, 3.8) is 0 Å². The molecule has 0 bridgehead atoms. The minimum atomic E-state index is -0.776. The van der Waals surface area contributed by atoms with Crippen molar-refractivity contribution < 1.29 is 14.7 Å². The molecule has 21 heavy (non-hydrogen) atoms. The molecule has 0 saturated heterocycles. The SMILES string of the molecule is Cc1cccc(Cl)c1NC(=O)NCC1CCCC1C(=O)O. The quantitative estimate of drug-likeness (QED) is 0.798. The van der Waals surface area contributed by atoms with Gasteiger partial charge in [-0.25, -0.2) is 4.79 Å². The van der Waals surface area contributed by atoms with Gasteiger partial charge in [-0.15, -0.1) is 0 Å². The van der Waals surface area contributed by atoms with Gasteiger partial charge >= 0.3 is 12.0 Å². The largest absolute Gasteiger partial charge is 0.481 e. The highest BCUT2D eigenvalue weighted by atomic mass is 35.5. The standard InChI is InChI=1S/C15H19ClN2O3/c1-9-4-2-7-12(16)13(9)18-15(21)17-8-10-5-3-6-11(10)14(19)20/h2,4,7,10-11H,3,5-6,8H2,1H3,(H,19,20)(H2,17,18,21). The molecule has 3 N–H and O–H groups in total. The zero-order chi connectivity index (χ0) is 15.4. The Labute approximate surface area is 128 Å². The lowest BCUT2D eigenvalue weighted by Crippen LogP contribution is -2.35. The summed E-state index contributed by atoms with van der Waals surface area (Å²) in [6, 6.07) is 5.03. The second kappa shape index (κ2) is 6.80. The van der Waals surface area contributed by atoms with Crippen molar-refractivity contribution in [2.75, 3.05) is 11.9 Å². The Hall–Kier alpha value is -1.75. The molecule has 5 nitrogen and oxygen atoms in total. The zero-order valence-corrected chi connectivity index (χ0v) is 12.6. The number of amides is 2. The molecule has 2 rings (SSSR count). The van der Waals surface area contributed by atoms with E-state index in [9.17, 15) is 9.59 Å². The van der Waals surface area contributed by atoms with Crippen LogP contribution in [0.5, 0.6) is 0 Å². The lowest BCUT2D eigenvalue weighted by molar-refractivity contribution is -0.142. The summed E-state index contributed by atoms with van der Waals surface area (Å²) in [7, 11) is 0. The Morgan fingerprint density at radius 1 is 1.38 bits per heavy atom. The number of benzene rings is 1. The van der Waals surface area contributed by atoms with Gasteiger partial charge < -0.3 is 15.7 Å². The molecule has 0 spiro atoms. The fourth-order valence-electron chi connectivity index (χ4n) is 2.78. The van der Waals surface area contributed by atoms with Crippen molar-refractivity contribution in [3.8, 4) is 0 Å². The van der Waals surface area contributed by atoms with E-state index in [1.165, 1.54) is 0 Å². The van der Waals surface area contributed by atoms with Crippen molar-refractivity contribution in [1.82, 2.24) is 5.32 Å². The Kier molecular flexibility index (Phi) is 5.07. The molecule has 1 fully saturated rings. The molecule has 6 heteroatoms. The Morgan fingerprint density at radius 3 is 2.81 bits per heavy atom. The van der Waals surface area contributed by atoms with Gasteiger partial charge in [0.25, 0.3) is 0 Å². The molecule has 1 aromatic carbocycles. The summed E-state index contributed by atoms with van der Waals surface area (Å²) in [5.41, 5.74) is 1.46. The number of carbonyl (C=O) groups excluding carboxylic acids is 1. The van der Waals surface area contributed by atoms with Crippen molar-refractivity contribution in [3.05, 3.63) is 28.8 Å². The van der Waals surface area contributed by atoms with Crippen molar-refractivity contribution >= 4 is 29.3 Å². The number of hydrogen-bond acceptors (Lipinski definition) is 2. The number of hydrogen-bond donors (Lipinski definition) is 3. The van der Waals surface area contributed by atoms with Crippen LogP contribution in [-0.4, -0.2) is 23.7 Å². The van der Waals surface area contributed by atoms with Crippen LogP contribution in [0.1, 0.15) is 24.8 Å². The van der Waals surface area contributed by atoms with Gasteiger partial charge in [0.2, 0.25) is 0 Å². The number of rotatable bonds is 4. The van der Waals surface area contributed by atoms with Crippen molar-refractivity contribution in [1.29, 1.82) is 0 Å². The number of para-hydroxylation sites is 1. The van der Waals surface area contributed by atoms with Crippen LogP contribution >= 0.6 is 11.6 Å². The van der Waals surface area contributed by atoms with E-state index in [-0.39, 0.29) is 17.9 Å².